The fourth-order valence-corrected chi connectivity index (χ4v) is 5.76. The Balaban J connectivity index is 1.37. The lowest BCUT2D eigenvalue weighted by atomic mass is 10.1. The van der Waals surface area contributed by atoms with Crippen molar-refractivity contribution < 1.29 is 4.79 Å². The highest BCUT2D eigenvalue weighted by Crippen LogP contribution is 2.35. The standard InChI is InChI=1S/C27H29ClN4OS/c1-3-4-13-29-14-11-19-17-31(2)24-16-21(9-10-22(19)24)32-15-12-23-25(27(32)33)34-26(30-23)18-5-7-20(28)8-6-18/h5-10,16-17,29H,3-4,11-15H2,1-2H3. The van der Waals surface area contributed by atoms with Gasteiger partial charge in [0.2, 0.25) is 0 Å². The molecule has 176 valence electrons. The highest BCUT2D eigenvalue weighted by atomic mass is 35.5. The molecule has 5 rings (SSSR count). The predicted molar refractivity (Wildman–Crippen MR) is 142 cm³/mol. The minimum atomic E-state index is 0.0351. The molecular weight excluding hydrogens is 464 g/mol. The van der Waals surface area contributed by atoms with E-state index in [9.17, 15) is 4.79 Å². The Bertz CT molecular complexity index is 1320. The third-order valence-corrected chi connectivity index (χ3v) is 7.83. The molecule has 1 N–H and O–H groups in total. The van der Waals surface area contributed by atoms with E-state index in [0.717, 1.165) is 58.3 Å². The van der Waals surface area contributed by atoms with E-state index in [4.69, 9.17) is 16.6 Å². The molecule has 0 radical (unpaired) electrons. The van der Waals surface area contributed by atoms with Gasteiger partial charge in [0.05, 0.1) is 11.2 Å². The molecule has 4 aromatic rings. The summed E-state index contributed by atoms with van der Waals surface area (Å²) in [5.41, 5.74) is 5.33. The summed E-state index contributed by atoms with van der Waals surface area (Å²) in [5.74, 6) is 0.0351. The second kappa shape index (κ2) is 9.90. The van der Waals surface area contributed by atoms with Crippen LogP contribution < -0.4 is 10.2 Å². The first-order chi connectivity index (χ1) is 16.5. The summed E-state index contributed by atoms with van der Waals surface area (Å²) in [7, 11) is 2.08. The average Bonchev–Trinajstić information content (AvgIpc) is 3.41. The first kappa shape index (κ1) is 23.1. The van der Waals surface area contributed by atoms with Crippen molar-refractivity contribution in [1.29, 1.82) is 0 Å². The lowest BCUT2D eigenvalue weighted by Gasteiger charge is -2.26. The zero-order valence-electron chi connectivity index (χ0n) is 19.6. The molecule has 2 aromatic heterocycles. The number of nitrogens with zero attached hydrogens (tertiary/aromatic N) is 3. The van der Waals surface area contributed by atoms with Gasteiger partial charge in [-0.25, -0.2) is 4.98 Å². The van der Waals surface area contributed by atoms with E-state index in [1.54, 1.807) is 0 Å². The number of fused-ring (bicyclic) bond motifs is 2. The number of amides is 1. The first-order valence-corrected chi connectivity index (χ1v) is 13.1. The highest BCUT2D eigenvalue weighted by molar-refractivity contribution is 7.17. The van der Waals surface area contributed by atoms with Crippen LogP contribution in [0, 0.1) is 0 Å². The van der Waals surface area contributed by atoms with Crippen LogP contribution in [0.2, 0.25) is 5.02 Å². The van der Waals surface area contributed by atoms with Gasteiger partial charge < -0.3 is 14.8 Å². The van der Waals surface area contributed by atoms with Crippen molar-refractivity contribution >= 4 is 45.4 Å². The zero-order valence-corrected chi connectivity index (χ0v) is 21.2. The van der Waals surface area contributed by atoms with Crippen molar-refractivity contribution in [3.63, 3.8) is 0 Å². The van der Waals surface area contributed by atoms with E-state index in [0.29, 0.717) is 11.6 Å². The van der Waals surface area contributed by atoms with Gasteiger partial charge in [-0.3, -0.25) is 4.79 Å². The Morgan fingerprint density at radius 1 is 1.15 bits per heavy atom. The maximum atomic E-state index is 13.4. The van der Waals surface area contributed by atoms with Gasteiger partial charge in [0.1, 0.15) is 9.88 Å². The highest BCUT2D eigenvalue weighted by Gasteiger charge is 2.30. The third-order valence-electron chi connectivity index (χ3n) is 6.45. The topological polar surface area (TPSA) is 50.2 Å². The number of thiazole rings is 1. The molecule has 1 amide bonds. The van der Waals surface area contributed by atoms with Crippen LogP contribution in [0.3, 0.4) is 0 Å². The second-order valence-electron chi connectivity index (χ2n) is 8.83. The molecule has 0 atom stereocenters. The smallest absolute Gasteiger partial charge is 0.270 e. The number of halogens is 1. The molecule has 2 aromatic carbocycles. The molecule has 0 fully saturated rings. The number of carbonyl (C=O) groups excluding carboxylic acids is 1. The van der Waals surface area contributed by atoms with Gasteiger partial charge in [0, 0.05) is 47.9 Å². The molecule has 0 saturated heterocycles. The zero-order chi connectivity index (χ0) is 23.7. The molecule has 1 aliphatic rings. The van der Waals surface area contributed by atoms with Crippen molar-refractivity contribution in [2.24, 2.45) is 7.05 Å². The summed E-state index contributed by atoms with van der Waals surface area (Å²) in [6, 6.07) is 14.0. The molecule has 1 aliphatic heterocycles. The molecular formula is C27H29ClN4OS. The number of unbranched alkanes of at least 4 members (excludes halogenated alkanes) is 1. The number of carbonyl (C=O) groups is 1. The van der Waals surface area contributed by atoms with Gasteiger partial charge in [-0.15, -0.1) is 11.3 Å². The molecule has 3 heterocycles. The number of rotatable bonds is 8. The minimum absolute atomic E-state index is 0.0351. The first-order valence-electron chi connectivity index (χ1n) is 11.9. The summed E-state index contributed by atoms with van der Waals surface area (Å²) in [4.78, 5) is 20.8. The third kappa shape index (κ3) is 4.50. The van der Waals surface area contributed by atoms with Crippen LogP contribution in [-0.4, -0.2) is 35.1 Å². The Labute approximate surface area is 209 Å². The molecule has 7 heteroatoms. The number of hydrogen-bond donors (Lipinski definition) is 1. The van der Waals surface area contributed by atoms with Crippen LogP contribution in [-0.2, 0) is 19.9 Å². The summed E-state index contributed by atoms with van der Waals surface area (Å²) in [6.45, 7) is 4.91. The summed E-state index contributed by atoms with van der Waals surface area (Å²) in [6.07, 6.45) is 6.40. The van der Waals surface area contributed by atoms with E-state index in [1.165, 1.54) is 35.1 Å². The Hall–Kier alpha value is -2.67. The van der Waals surface area contributed by atoms with Crippen molar-refractivity contribution in [3.8, 4) is 10.6 Å². The molecule has 0 spiro atoms. The maximum absolute atomic E-state index is 13.4. The van der Waals surface area contributed by atoms with Gasteiger partial charge in [-0.2, -0.15) is 0 Å². The Morgan fingerprint density at radius 2 is 1.97 bits per heavy atom. The fraction of sp³-hybridized carbons (Fsp3) is 0.333. The van der Waals surface area contributed by atoms with E-state index < -0.39 is 0 Å². The van der Waals surface area contributed by atoms with Crippen LogP contribution in [0.25, 0.3) is 21.5 Å². The summed E-state index contributed by atoms with van der Waals surface area (Å²) < 4.78 is 2.17. The predicted octanol–water partition coefficient (Wildman–Crippen LogP) is 6.09. The quantitative estimate of drug-likeness (QED) is 0.303. The molecule has 0 aliphatic carbocycles. The van der Waals surface area contributed by atoms with Crippen molar-refractivity contribution in [2.75, 3.05) is 24.5 Å². The summed E-state index contributed by atoms with van der Waals surface area (Å²) >= 11 is 7.49. The van der Waals surface area contributed by atoms with Crippen LogP contribution in [0.1, 0.15) is 40.7 Å². The monoisotopic (exact) mass is 492 g/mol. The number of anilines is 1. The van der Waals surface area contributed by atoms with Crippen molar-refractivity contribution in [3.05, 3.63) is 69.8 Å². The van der Waals surface area contributed by atoms with Gasteiger partial charge >= 0.3 is 0 Å². The average molecular weight is 493 g/mol. The van der Waals surface area contributed by atoms with Gasteiger partial charge in [0.15, 0.2) is 0 Å². The SMILES string of the molecule is CCCCNCCc1cn(C)c2cc(N3CCc4nc(-c5ccc(Cl)cc5)sc4C3=O)ccc12. The van der Waals surface area contributed by atoms with E-state index in [-0.39, 0.29) is 5.91 Å². The largest absolute Gasteiger partial charge is 0.350 e. The van der Waals surface area contributed by atoms with Crippen LogP contribution >= 0.6 is 22.9 Å². The Kier molecular flexibility index (Phi) is 6.73. The van der Waals surface area contributed by atoms with Crippen molar-refractivity contribution in [2.45, 2.75) is 32.6 Å². The van der Waals surface area contributed by atoms with Crippen LogP contribution in [0.15, 0.2) is 48.7 Å². The van der Waals surface area contributed by atoms with Gasteiger partial charge in [0.25, 0.3) is 5.91 Å². The molecule has 0 saturated carbocycles. The number of aryl methyl sites for hydroxylation is 1. The van der Waals surface area contributed by atoms with Crippen molar-refractivity contribution in [1.82, 2.24) is 14.9 Å². The molecule has 0 unspecified atom stereocenters. The van der Waals surface area contributed by atoms with E-state index >= 15 is 0 Å². The molecule has 0 bridgehead atoms. The molecule has 34 heavy (non-hydrogen) atoms. The number of aromatic nitrogens is 2. The van der Waals surface area contributed by atoms with Gasteiger partial charge in [-0.05, 0) is 55.8 Å². The number of benzene rings is 2. The Morgan fingerprint density at radius 3 is 2.76 bits per heavy atom. The summed E-state index contributed by atoms with van der Waals surface area (Å²) in [5, 5.41) is 6.35. The normalized spacial score (nSPS) is 13.6. The second-order valence-corrected chi connectivity index (χ2v) is 10.3. The van der Waals surface area contributed by atoms with Crippen LogP contribution in [0.4, 0.5) is 5.69 Å². The lowest BCUT2D eigenvalue weighted by Crippen LogP contribution is -2.36. The fourth-order valence-electron chi connectivity index (χ4n) is 4.57. The maximum Gasteiger partial charge on any atom is 0.270 e. The minimum Gasteiger partial charge on any atom is -0.350 e. The van der Waals surface area contributed by atoms with Gasteiger partial charge in [-0.1, -0.05) is 43.1 Å². The number of nitrogens with one attached hydrogen (secondary N) is 1. The molecule has 5 nitrogen and oxygen atoms in total. The van der Waals surface area contributed by atoms with E-state index in [1.807, 2.05) is 29.2 Å². The van der Waals surface area contributed by atoms with E-state index in [2.05, 4.69) is 48.3 Å². The van der Waals surface area contributed by atoms with Crippen LogP contribution in [0.5, 0.6) is 0 Å². The number of hydrogen-bond acceptors (Lipinski definition) is 4. The lowest BCUT2D eigenvalue weighted by molar-refractivity contribution is 0.0984.